The number of nitrogens with zero attached hydrogens (tertiary/aromatic N) is 1. The van der Waals surface area contributed by atoms with Crippen molar-refractivity contribution in [3.8, 4) is 0 Å². The summed E-state index contributed by atoms with van der Waals surface area (Å²) < 4.78 is 13.6. The van der Waals surface area contributed by atoms with Gasteiger partial charge in [-0.2, -0.15) is 0 Å². The second kappa shape index (κ2) is 4.72. The van der Waals surface area contributed by atoms with Crippen molar-refractivity contribution >= 4 is 29.4 Å². The number of hydrogen-bond acceptors (Lipinski definition) is 4. The van der Waals surface area contributed by atoms with Crippen molar-refractivity contribution in [1.29, 1.82) is 0 Å². The molecule has 0 bridgehead atoms. The van der Waals surface area contributed by atoms with Crippen molar-refractivity contribution < 1.29 is 14.1 Å². The molecule has 2 aromatic heterocycles. The average molecular weight is 317 g/mol. The van der Waals surface area contributed by atoms with Crippen molar-refractivity contribution in [3.05, 3.63) is 28.3 Å². The van der Waals surface area contributed by atoms with Gasteiger partial charge in [0, 0.05) is 24.1 Å². The molecule has 2 aromatic rings. The zero-order valence-electron chi connectivity index (χ0n) is 13.9. The van der Waals surface area contributed by atoms with E-state index in [2.05, 4.69) is 4.98 Å². The summed E-state index contributed by atoms with van der Waals surface area (Å²) >= 11 is 0. The van der Waals surface area contributed by atoms with E-state index in [9.17, 15) is 9.59 Å². The van der Waals surface area contributed by atoms with Crippen LogP contribution in [0.1, 0.15) is 38.2 Å². The molecule has 1 fully saturated rings. The van der Waals surface area contributed by atoms with Gasteiger partial charge in [0.2, 0.25) is 0 Å². The van der Waals surface area contributed by atoms with E-state index >= 15 is 0 Å². The third-order valence-electron chi connectivity index (χ3n) is 4.88. The van der Waals surface area contributed by atoms with E-state index in [0.717, 1.165) is 0 Å². The highest BCUT2D eigenvalue weighted by atomic mass is 16.7. The standard InChI is InChI=1S/C15H20BN3O4/c1-14(2)15(3,4)23-16(22-14)9-7-18-13(21)11-8(9)6-10(12(17)20)19(11)5/h6-7H,1-5H3,(H2,17,20)(H,18,21). The fourth-order valence-corrected chi connectivity index (χ4v) is 2.79. The van der Waals surface area contributed by atoms with Crippen molar-refractivity contribution in [2.75, 3.05) is 0 Å². The van der Waals surface area contributed by atoms with Crippen molar-refractivity contribution in [3.63, 3.8) is 0 Å². The molecule has 8 heteroatoms. The molecule has 3 heterocycles. The first-order chi connectivity index (χ1) is 10.5. The molecule has 122 valence electrons. The number of primary amides is 1. The molecule has 0 saturated carbocycles. The first kappa shape index (κ1) is 15.8. The molecule has 7 nitrogen and oxygen atoms in total. The summed E-state index contributed by atoms with van der Waals surface area (Å²) in [7, 11) is 0.994. The van der Waals surface area contributed by atoms with Crippen molar-refractivity contribution in [2.45, 2.75) is 38.9 Å². The van der Waals surface area contributed by atoms with Crippen LogP contribution in [-0.2, 0) is 16.4 Å². The Balaban J connectivity index is 2.21. The summed E-state index contributed by atoms with van der Waals surface area (Å²) in [6.45, 7) is 7.82. The smallest absolute Gasteiger partial charge is 0.399 e. The van der Waals surface area contributed by atoms with E-state index in [1.54, 1.807) is 19.3 Å². The van der Waals surface area contributed by atoms with Gasteiger partial charge in [-0.3, -0.25) is 9.59 Å². The molecule has 0 aliphatic carbocycles. The van der Waals surface area contributed by atoms with Crippen LogP contribution in [0.25, 0.3) is 10.9 Å². The number of aryl methyl sites for hydroxylation is 1. The highest BCUT2D eigenvalue weighted by molar-refractivity contribution is 6.65. The Labute approximate surface area is 133 Å². The maximum Gasteiger partial charge on any atom is 0.497 e. The number of aromatic amines is 1. The van der Waals surface area contributed by atoms with Crippen LogP contribution in [0.5, 0.6) is 0 Å². The number of carbonyl (C=O) groups is 1. The minimum Gasteiger partial charge on any atom is -0.399 e. The van der Waals surface area contributed by atoms with Crippen LogP contribution < -0.4 is 16.8 Å². The van der Waals surface area contributed by atoms with E-state index in [4.69, 9.17) is 15.0 Å². The molecule has 1 saturated heterocycles. The Morgan fingerprint density at radius 2 is 1.83 bits per heavy atom. The number of rotatable bonds is 2. The van der Waals surface area contributed by atoms with Crippen LogP contribution >= 0.6 is 0 Å². The largest absolute Gasteiger partial charge is 0.497 e. The highest BCUT2D eigenvalue weighted by Gasteiger charge is 2.52. The number of pyridine rings is 1. The van der Waals surface area contributed by atoms with E-state index in [1.807, 2.05) is 27.7 Å². The summed E-state index contributed by atoms with van der Waals surface area (Å²) in [4.78, 5) is 26.4. The van der Waals surface area contributed by atoms with E-state index in [0.29, 0.717) is 16.4 Å². The van der Waals surface area contributed by atoms with Gasteiger partial charge in [-0.1, -0.05) is 0 Å². The van der Waals surface area contributed by atoms with Gasteiger partial charge < -0.3 is 24.6 Å². The number of aromatic nitrogens is 2. The van der Waals surface area contributed by atoms with Gasteiger partial charge >= 0.3 is 7.12 Å². The molecule has 3 rings (SSSR count). The normalized spacial score (nSPS) is 19.4. The van der Waals surface area contributed by atoms with Crippen LogP contribution in [0.15, 0.2) is 17.1 Å². The fraction of sp³-hybridized carbons (Fsp3) is 0.467. The summed E-state index contributed by atoms with van der Waals surface area (Å²) in [5, 5.41) is 0.601. The summed E-state index contributed by atoms with van der Waals surface area (Å²) in [6.07, 6.45) is 1.57. The van der Waals surface area contributed by atoms with E-state index < -0.39 is 24.2 Å². The molecule has 0 spiro atoms. The first-order valence-corrected chi connectivity index (χ1v) is 7.41. The molecule has 23 heavy (non-hydrogen) atoms. The summed E-state index contributed by atoms with van der Waals surface area (Å²) in [6, 6.07) is 1.60. The molecule has 1 aliphatic heterocycles. The molecular weight excluding hydrogens is 297 g/mol. The quantitative estimate of drug-likeness (QED) is 0.776. The predicted molar refractivity (Wildman–Crippen MR) is 87.8 cm³/mol. The zero-order valence-corrected chi connectivity index (χ0v) is 13.9. The second-order valence-electron chi connectivity index (χ2n) is 6.88. The summed E-state index contributed by atoms with van der Waals surface area (Å²) in [5.74, 6) is -0.594. The summed E-state index contributed by atoms with van der Waals surface area (Å²) in [5.41, 5.74) is 5.38. The lowest BCUT2D eigenvalue weighted by molar-refractivity contribution is 0.00578. The van der Waals surface area contributed by atoms with Gasteiger partial charge in [-0.15, -0.1) is 0 Å². The van der Waals surface area contributed by atoms with E-state index in [1.165, 1.54) is 4.57 Å². The zero-order chi connectivity index (χ0) is 17.2. The molecule has 0 aromatic carbocycles. The van der Waals surface area contributed by atoms with Crippen LogP contribution in [0, 0.1) is 0 Å². The molecule has 0 unspecified atom stereocenters. The molecule has 0 radical (unpaired) electrons. The van der Waals surface area contributed by atoms with Gasteiger partial charge in [0.15, 0.2) is 0 Å². The lowest BCUT2D eigenvalue weighted by Crippen LogP contribution is -2.41. The van der Waals surface area contributed by atoms with Crippen LogP contribution in [0.4, 0.5) is 0 Å². The number of nitrogens with two attached hydrogens (primary N) is 1. The van der Waals surface area contributed by atoms with E-state index in [-0.39, 0.29) is 11.3 Å². The average Bonchev–Trinajstić information content (AvgIpc) is 2.86. The number of hydrogen-bond donors (Lipinski definition) is 2. The van der Waals surface area contributed by atoms with Crippen LogP contribution in [0.3, 0.4) is 0 Å². The minimum absolute atomic E-state index is 0.259. The number of carbonyl (C=O) groups excluding carboxylic acids is 1. The maximum atomic E-state index is 12.1. The number of amides is 1. The van der Waals surface area contributed by atoms with Gasteiger partial charge in [-0.05, 0) is 33.8 Å². The molecule has 1 aliphatic rings. The predicted octanol–water partition coefficient (Wildman–Crippen LogP) is 0.265. The third kappa shape index (κ3) is 2.21. The molecular formula is C15H20BN3O4. The van der Waals surface area contributed by atoms with Gasteiger partial charge in [0.05, 0.1) is 11.2 Å². The highest BCUT2D eigenvalue weighted by Crippen LogP contribution is 2.36. The minimum atomic E-state index is -0.637. The van der Waals surface area contributed by atoms with Crippen LogP contribution in [-0.4, -0.2) is 33.8 Å². The Morgan fingerprint density at radius 3 is 2.35 bits per heavy atom. The number of H-pyrrole nitrogens is 1. The van der Waals surface area contributed by atoms with Gasteiger partial charge in [0.25, 0.3) is 11.5 Å². The van der Waals surface area contributed by atoms with Crippen molar-refractivity contribution in [2.24, 2.45) is 12.8 Å². The molecule has 0 atom stereocenters. The SMILES string of the molecule is Cn1c(C(N)=O)cc2c(B3OC(C)(C)C(C)(C)O3)c[nH]c(=O)c21. The third-order valence-corrected chi connectivity index (χ3v) is 4.88. The Hall–Kier alpha value is -2.06. The molecule has 1 amide bonds. The Kier molecular flexibility index (Phi) is 3.25. The monoisotopic (exact) mass is 317 g/mol. The van der Waals surface area contributed by atoms with Gasteiger partial charge in [-0.25, -0.2) is 0 Å². The van der Waals surface area contributed by atoms with Crippen molar-refractivity contribution in [1.82, 2.24) is 9.55 Å². The number of nitrogens with one attached hydrogen (secondary N) is 1. The maximum absolute atomic E-state index is 12.1. The Morgan fingerprint density at radius 1 is 1.26 bits per heavy atom. The first-order valence-electron chi connectivity index (χ1n) is 7.41. The fourth-order valence-electron chi connectivity index (χ4n) is 2.79. The Bertz CT molecular complexity index is 849. The van der Waals surface area contributed by atoms with Crippen LogP contribution in [0.2, 0.25) is 0 Å². The lowest BCUT2D eigenvalue weighted by atomic mass is 9.78. The van der Waals surface area contributed by atoms with Gasteiger partial charge in [0.1, 0.15) is 11.2 Å². The second-order valence-corrected chi connectivity index (χ2v) is 6.88. The number of fused-ring (bicyclic) bond motifs is 1. The lowest BCUT2D eigenvalue weighted by Gasteiger charge is -2.32. The topological polar surface area (TPSA) is 99.3 Å². The molecule has 3 N–H and O–H groups in total.